The molecule has 2 nitrogen and oxygen atoms in total. The standard InChI is InChI=1S/C10H13NO.K.H/c1-2-10(12)11-8-9-6-4-3-5-7-9;;/h3-7H,2,8H2,1H3,(H,11,12);;/q;+1;-1. The maximum absolute atomic E-state index is 10.9. The van der Waals surface area contributed by atoms with Crippen molar-refractivity contribution >= 4 is 5.91 Å². The third-order valence-corrected chi connectivity index (χ3v) is 1.65. The smallest absolute Gasteiger partial charge is 1.00 e. The molecule has 0 fully saturated rings. The van der Waals surface area contributed by atoms with Crippen molar-refractivity contribution in [1.29, 1.82) is 0 Å². The van der Waals surface area contributed by atoms with Crippen LogP contribution < -0.4 is 56.7 Å². The van der Waals surface area contributed by atoms with Crippen molar-refractivity contribution < 1.29 is 57.6 Å². The van der Waals surface area contributed by atoms with Crippen LogP contribution in [0.1, 0.15) is 20.3 Å². The van der Waals surface area contributed by atoms with Crippen LogP contribution in [0.5, 0.6) is 0 Å². The van der Waals surface area contributed by atoms with Gasteiger partial charge in [-0.05, 0) is 5.56 Å². The molecule has 66 valence electrons. The number of amides is 1. The molecule has 0 aliphatic carbocycles. The Morgan fingerprint density at radius 1 is 1.38 bits per heavy atom. The number of nitrogens with one attached hydrogen (secondary N) is 1. The quantitative estimate of drug-likeness (QED) is 0.616. The monoisotopic (exact) mass is 203 g/mol. The van der Waals surface area contributed by atoms with Crippen LogP contribution in [0, 0.1) is 0 Å². The first-order valence-electron chi connectivity index (χ1n) is 4.13. The average Bonchev–Trinajstić information content (AvgIpc) is 2.16. The van der Waals surface area contributed by atoms with Gasteiger partial charge in [0.2, 0.25) is 5.91 Å². The molecule has 0 bridgehead atoms. The SMILES string of the molecule is CCC(=O)NCc1ccccc1.[H-].[K+]. The van der Waals surface area contributed by atoms with Crippen LogP contribution in [0.4, 0.5) is 0 Å². The van der Waals surface area contributed by atoms with E-state index in [1.807, 2.05) is 37.3 Å². The van der Waals surface area contributed by atoms with Gasteiger partial charge < -0.3 is 6.74 Å². The first-order valence-corrected chi connectivity index (χ1v) is 4.13. The Labute approximate surface area is 123 Å². The molecule has 0 heterocycles. The maximum atomic E-state index is 10.9. The van der Waals surface area contributed by atoms with Gasteiger partial charge in [-0.3, -0.25) is 4.79 Å². The molecule has 1 N–H and O–H groups in total. The van der Waals surface area contributed by atoms with Crippen molar-refractivity contribution in [2.24, 2.45) is 0 Å². The molecule has 0 saturated heterocycles. The largest absolute Gasteiger partial charge is 1.00 e. The minimum absolute atomic E-state index is 0. The first kappa shape index (κ1) is 13.3. The molecule has 0 atom stereocenters. The van der Waals surface area contributed by atoms with Crippen molar-refractivity contribution in [2.45, 2.75) is 19.9 Å². The van der Waals surface area contributed by atoms with E-state index in [-0.39, 0.29) is 58.7 Å². The Morgan fingerprint density at radius 3 is 2.54 bits per heavy atom. The molecule has 0 saturated carbocycles. The molecular weight excluding hydrogens is 189 g/mol. The molecule has 1 aromatic carbocycles. The van der Waals surface area contributed by atoms with E-state index in [9.17, 15) is 4.79 Å². The van der Waals surface area contributed by atoms with E-state index < -0.39 is 0 Å². The summed E-state index contributed by atoms with van der Waals surface area (Å²) in [6.45, 7) is 2.48. The molecule has 1 rings (SSSR count). The normalized spacial score (nSPS) is 8.69. The van der Waals surface area contributed by atoms with E-state index in [2.05, 4.69) is 5.32 Å². The Bertz CT molecular complexity index is 254. The fourth-order valence-electron chi connectivity index (χ4n) is 0.922. The molecule has 0 unspecified atom stereocenters. The average molecular weight is 203 g/mol. The molecular formula is C10H14KNO. The van der Waals surface area contributed by atoms with Crippen molar-refractivity contribution in [3.05, 3.63) is 35.9 Å². The predicted octanol–water partition coefficient (Wildman–Crippen LogP) is -1.17. The van der Waals surface area contributed by atoms with E-state index in [4.69, 9.17) is 0 Å². The first-order chi connectivity index (χ1) is 5.83. The minimum atomic E-state index is 0. The fraction of sp³-hybridized carbons (Fsp3) is 0.300. The van der Waals surface area contributed by atoms with E-state index in [1.54, 1.807) is 0 Å². The van der Waals surface area contributed by atoms with Gasteiger partial charge in [0.1, 0.15) is 0 Å². The number of rotatable bonds is 3. The summed E-state index contributed by atoms with van der Waals surface area (Å²) in [6.07, 6.45) is 0.548. The van der Waals surface area contributed by atoms with Crippen LogP contribution in [0.2, 0.25) is 0 Å². The molecule has 0 spiro atoms. The zero-order valence-corrected chi connectivity index (χ0v) is 11.3. The zero-order valence-electron chi connectivity index (χ0n) is 9.21. The molecule has 13 heavy (non-hydrogen) atoms. The van der Waals surface area contributed by atoms with Crippen LogP contribution in [0.25, 0.3) is 0 Å². The minimum Gasteiger partial charge on any atom is -1.00 e. The molecule has 0 aliphatic rings. The maximum Gasteiger partial charge on any atom is 1.00 e. The summed E-state index contributed by atoms with van der Waals surface area (Å²) in [5.41, 5.74) is 1.14. The Morgan fingerprint density at radius 2 is 2.00 bits per heavy atom. The number of carbonyl (C=O) groups excluding carboxylic acids is 1. The molecule has 1 amide bonds. The summed E-state index contributed by atoms with van der Waals surface area (Å²) in [5, 5.41) is 2.81. The van der Waals surface area contributed by atoms with Crippen LogP contribution >= 0.6 is 0 Å². The van der Waals surface area contributed by atoms with Gasteiger partial charge in [-0.25, -0.2) is 0 Å². The molecule has 0 radical (unpaired) electrons. The summed E-state index contributed by atoms with van der Waals surface area (Å²) < 4.78 is 0. The van der Waals surface area contributed by atoms with Gasteiger partial charge in [-0.1, -0.05) is 37.3 Å². The van der Waals surface area contributed by atoms with Gasteiger partial charge >= 0.3 is 51.4 Å². The topological polar surface area (TPSA) is 29.1 Å². The van der Waals surface area contributed by atoms with Crippen molar-refractivity contribution in [3.63, 3.8) is 0 Å². The van der Waals surface area contributed by atoms with Gasteiger partial charge in [0, 0.05) is 13.0 Å². The van der Waals surface area contributed by atoms with E-state index >= 15 is 0 Å². The van der Waals surface area contributed by atoms with Crippen LogP contribution in [0.15, 0.2) is 30.3 Å². The number of benzene rings is 1. The summed E-state index contributed by atoms with van der Waals surface area (Å²) in [7, 11) is 0. The second-order valence-corrected chi connectivity index (χ2v) is 2.62. The molecule has 0 aromatic heterocycles. The predicted molar refractivity (Wildman–Crippen MR) is 49.7 cm³/mol. The molecule has 0 aliphatic heterocycles. The van der Waals surface area contributed by atoms with Gasteiger partial charge in [-0.2, -0.15) is 0 Å². The summed E-state index contributed by atoms with van der Waals surface area (Å²) >= 11 is 0. The van der Waals surface area contributed by atoms with E-state index in [0.717, 1.165) is 5.56 Å². The summed E-state index contributed by atoms with van der Waals surface area (Å²) in [5.74, 6) is 0.0962. The van der Waals surface area contributed by atoms with Crippen LogP contribution in [-0.2, 0) is 11.3 Å². The van der Waals surface area contributed by atoms with Crippen LogP contribution in [-0.4, -0.2) is 5.91 Å². The third kappa shape index (κ3) is 5.60. The number of carbonyl (C=O) groups is 1. The Kier molecular flexibility index (Phi) is 7.90. The van der Waals surface area contributed by atoms with Gasteiger partial charge in [0.25, 0.3) is 0 Å². The number of hydrogen-bond acceptors (Lipinski definition) is 1. The van der Waals surface area contributed by atoms with Crippen molar-refractivity contribution in [2.75, 3.05) is 0 Å². The van der Waals surface area contributed by atoms with Gasteiger partial charge in [-0.15, -0.1) is 0 Å². The Hall–Kier alpha value is 0.326. The molecule has 1 aromatic rings. The second kappa shape index (κ2) is 7.70. The van der Waals surface area contributed by atoms with Crippen molar-refractivity contribution in [3.8, 4) is 0 Å². The second-order valence-electron chi connectivity index (χ2n) is 2.62. The van der Waals surface area contributed by atoms with Crippen molar-refractivity contribution in [1.82, 2.24) is 5.32 Å². The van der Waals surface area contributed by atoms with Crippen LogP contribution in [0.3, 0.4) is 0 Å². The van der Waals surface area contributed by atoms with Gasteiger partial charge in [0.05, 0.1) is 0 Å². The summed E-state index contributed by atoms with van der Waals surface area (Å²) in [6, 6.07) is 9.89. The Balaban J connectivity index is 0. The number of hydrogen-bond donors (Lipinski definition) is 1. The fourth-order valence-corrected chi connectivity index (χ4v) is 0.922. The zero-order chi connectivity index (χ0) is 8.81. The van der Waals surface area contributed by atoms with E-state index in [1.165, 1.54) is 0 Å². The van der Waals surface area contributed by atoms with E-state index in [0.29, 0.717) is 13.0 Å². The summed E-state index contributed by atoms with van der Waals surface area (Å²) in [4.78, 5) is 10.9. The van der Waals surface area contributed by atoms with Gasteiger partial charge in [0.15, 0.2) is 0 Å². The molecule has 3 heteroatoms. The third-order valence-electron chi connectivity index (χ3n) is 1.65.